The van der Waals surface area contributed by atoms with Crippen LogP contribution in [0.2, 0.25) is 0 Å². The van der Waals surface area contributed by atoms with Gasteiger partial charge in [0.1, 0.15) is 0 Å². The molecule has 2 fully saturated rings. The van der Waals surface area contributed by atoms with Crippen molar-refractivity contribution in [3.63, 3.8) is 0 Å². The molecule has 5 heteroatoms. The van der Waals surface area contributed by atoms with Gasteiger partial charge in [-0.1, -0.05) is 0 Å². The molecule has 2 bridgehead atoms. The molecule has 0 aromatic rings. The topological polar surface area (TPSA) is 57.1 Å². The zero-order chi connectivity index (χ0) is 15.5. The molecule has 3 aliphatic heterocycles. The third-order valence-corrected chi connectivity index (χ3v) is 5.39. The van der Waals surface area contributed by atoms with Crippen molar-refractivity contribution in [2.24, 2.45) is 15.6 Å². The third kappa shape index (κ3) is 3.67. The summed E-state index contributed by atoms with van der Waals surface area (Å²) in [6.45, 7) is 4.45. The fourth-order valence-corrected chi connectivity index (χ4v) is 3.97. The van der Waals surface area contributed by atoms with Crippen molar-refractivity contribution < 1.29 is 4.79 Å². The molecule has 1 N–H and O–H groups in total. The summed E-state index contributed by atoms with van der Waals surface area (Å²) in [6.07, 6.45) is 13.0. The van der Waals surface area contributed by atoms with Gasteiger partial charge >= 0.3 is 0 Å². The van der Waals surface area contributed by atoms with Crippen molar-refractivity contribution in [1.82, 2.24) is 10.2 Å². The Morgan fingerprint density at radius 2 is 1.95 bits per heavy atom. The molecule has 22 heavy (non-hydrogen) atoms. The van der Waals surface area contributed by atoms with Gasteiger partial charge in [0.25, 0.3) is 0 Å². The van der Waals surface area contributed by atoms with Crippen molar-refractivity contribution in [2.75, 3.05) is 26.2 Å². The van der Waals surface area contributed by atoms with Gasteiger partial charge in [0.15, 0.2) is 5.66 Å². The van der Waals surface area contributed by atoms with Crippen LogP contribution in [-0.2, 0) is 4.79 Å². The van der Waals surface area contributed by atoms with E-state index < -0.39 is 0 Å². The molecule has 0 saturated carbocycles. The number of carbonyl (C=O) groups is 1. The highest BCUT2D eigenvalue weighted by Crippen LogP contribution is 2.39. The molecule has 3 heterocycles. The maximum absolute atomic E-state index is 12.1. The molecular formula is C17H26N4O. The molecule has 120 valence electrons. The van der Waals surface area contributed by atoms with Gasteiger partial charge in [-0.25, -0.2) is 0 Å². The predicted octanol–water partition coefficient (Wildman–Crippen LogP) is 2.33. The molecule has 3 aliphatic rings. The lowest BCUT2D eigenvalue weighted by Gasteiger charge is -2.47. The molecule has 0 unspecified atom stereocenters. The number of amides is 1. The smallest absolute Gasteiger partial charge is 0.220 e. The highest BCUT2D eigenvalue weighted by molar-refractivity contribution is 5.76. The summed E-state index contributed by atoms with van der Waals surface area (Å²) in [5.74, 6) is 2.75. The van der Waals surface area contributed by atoms with Crippen LogP contribution in [0.1, 0.15) is 51.4 Å². The Morgan fingerprint density at radius 1 is 1.23 bits per heavy atom. The Balaban J connectivity index is 1.40. The maximum atomic E-state index is 12.1. The van der Waals surface area contributed by atoms with Crippen molar-refractivity contribution in [3.05, 3.63) is 0 Å². The largest absolute Gasteiger partial charge is 0.355 e. The second kappa shape index (κ2) is 6.37. The highest BCUT2D eigenvalue weighted by Gasteiger charge is 2.40. The average molecular weight is 302 g/mol. The van der Waals surface area contributed by atoms with E-state index in [0.29, 0.717) is 24.7 Å². The number of rotatable bonds is 7. The van der Waals surface area contributed by atoms with E-state index in [9.17, 15) is 4.79 Å². The van der Waals surface area contributed by atoms with Crippen LogP contribution in [0.15, 0.2) is 10.2 Å². The molecule has 0 atom stereocenters. The predicted molar refractivity (Wildman–Crippen MR) is 85.2 cm³/mol. The molecule has 2 saturated heterocycles. The van der Waals surface area contributed by atoms with Crippen LogP contribution >= 0.6 is 0 Å². The van der Waals surface area contributed by atoms with E-state index in [1.54, 1.807) is 0 Å². The Hall–Kier alpha value is -1.41. The second-order valence-electron chi connectivity index (χ2n) is 7.15. The minimum atomic E-state index is -0.339. The number of hydrogen-bond acceptors (Lipinski definition) is 4. The maximum Gasteiger partial charge on any atom is 0.220 e. The van der Waals surface area contributed by atoms with Crippen molar-refractivity contribution in [3.8, 4) is 12.3 Å². The molecule has 0 aromatic carbocycles. The Kier molecular flexibility index (Phi) is 4.49. The Morgan fingerprint density at radius 3 is 2.59 bits per heavy atom. The van der Waals surface area contributed by atoms with Gasteiger partial charge < -0.3 is 10.2 Å². The summed E-state index contributed by atoms with van der Waals surface area (Å²) >= 11 is 0. The zero-order valence-electron chi connectivity index (χ0n) is 13.3. The lowest BCUT2D eigenvalue weighted by molar-refractivity contribution is -0.122. The number of fused-ring (bicyclic) bond motifs is 2. The lowest BCUT2D eigenvalue weighted by Crippen LogP contribution is -2.52. The van der Waals surface area contributed by atoms with Crippen LogP contribution in [0.25, 0.3) is 0 Å². The molecule has 3 rings (SSSR count). The first-order valence-corrected chi connectivity index (χ1v) is 8.52. The summed E-state index contributed by atoms with van der Waals surface area (Å²) in [5, 5.41) is 11.3. The van der Waals surface area contributed by atoms with Gasteiger partial charge in [-0.05, 0) is 38.8 Å². The first-order valence-electron chi connectivity index (χ1n) is 8.52. The standard InChI is InChI=1S/C17H26N4O/c1-2-3-9-17(19-20-17)10-6-15(22)18-13-16-7-4-11-21(14-16)12-5-8-16/h1H,3-14H2,(H,18,22). The third-order valence-electron chi connectivity index (χ3n) is 5.39. The van der Waals surface area contributed by atoms with E-state index in [0.717, 1.165) is 19.5 Å². The number of piperidine rings is 2. The normalized spacial score (nSPS) is 31.3. The minimum Gasteiger partial charge on any atom is -0.355 e. The molecule has 0 aliphatic carbocycles. The zero-order valence-corrected chi connectivity index (χ0v) is 13.3. The second-order valence-corrected chi connectivity index (χ2v) is 7.15. The number of carbonyl (C=O) groups excluding carboxylic acids is 1. The van der Waals surface area contributed by atoms with Gasteiger partial charge in [-0.15, -0.1) is 12.3 Å². The molecule has 0 spiro atoms. The Bertz CT molecular complexity index is 477. The molecular weight excluding hydrogens is 276 g/mol. The minimum absolute atomic E-state index is 0.134. The van der Waals surface area contributed by atoms with E-state index in [1.165, 1.54) is 38.8 Å². The molecule has 0 aromatic heterocycles. The summed E-state index contributed by atoms with van der Waals surface area (Å²) < 4.78 is 0. The van der Waals surface area contributed by atoms with E-state index in [4.69, 9.17) is 6.42 Å². The van der Waals surface area contributed by atoms with Crippen molar-refractivity contribution in [1.29, 1.82) is 0 Å². The van der Waals surface area contributed by atoms with Gasteiger partial charge in [0.2, 0.25) is 5.91 Å². The summed E-state index contributed by atoms with van der Waals surface area (Å²) in [5.41, 5.74) is -0.0177. The van der Waals surface area contributed by atoms with Gasteiger partial charge in [0, 0.05) is 44.2 Å². The average Bonchev–Trinajstić information content (AvgIpc) is 3.30. The summed E-state index contributed by atoms with van der Waals surface area (Å²) in [4.78, 5) is 14.7. The van der Waals surface area contributed by atoms with Crippen LogP contribution < -0.4 is 5.32 Å². The number of hydrogen-bond donors (Lipinski definition) is 1. The first-order chi connectivity index (χ1) is 10.7. The summed E-state index contributed by atoms with van der Waals surface area (Å²) in [7, 11) is 0. The SMILES string of the molecule is C#CCCC1(CCC(=O)NCC23CCCN(CCC2)C3)N=N1. The monoisotopic (exact) mass is 302 g/mol. The number of nitrogens with one attached hydrogen (secondary N) is 1. The number of terminal acetylenes is 1. The van der Waals surface area contributed by atoms with Gasteiger partial charge in [-0.2, -0.15) is 10.2 Å². The highest BCUT2D eigenvalue weighted by atomic mass is 16.1. The van der Waals surface area contributed by atoms with E-state index in [2.05, 4.69) is 26.4 Å². The van der Waals surface area contributed by atoms with E-state index in [-0.39, 0.29) is 11.6 Å². The van der Waals surface area contributed by atoms with E-state index >= 15 is 0 Å². The Labute approximate surface area is 132 Å². The van der Waals surface area contributed by atoms with Crippen LogP contribution in [-0.4, -0.2) is 42.6 Å². The lowest BCUT2D eigenvalue weighted by atomic mass is 9.73. The van der Waals surface area contributed by atoms with Crippen molar-refractivity contribution in [2.45, 2.75) is 57.0 Å². The molecule has 5 nitrogen and oxygen atoms in total. The quantitative estimate of drug-likeness (QED) is 0.734. The first kappa shape index (κ1) is 15.5. The van der Waals surface area contributed by atoms with E-state index in [1.807, 2.05) is 0 Å². The molecule has 0 radical (unpaired) electrons. The summed E-state index contributed by atoms with van der Waals surface area (Å²) in [6, 6.07) is 0. The van der Waals surface area contributed by atoms with Gasteiger partial charge in [-0.3, -0.25) is 4.79 Å². The number of nitrogens with zero attached hydrogens (tertiary/aromatic N) is 3. The van der Waals surface area contributed by atoms with Gasteiger partial charge in [0.05, 0.1) is 0 Å². The van der Waals surface area contributed by atoms with Crippen LogP contribution in [0, 0.1) is 17.8 Å². The fourth-order valence-electron chi connectivity index (χ4n) is 3.97. The van der Waals surface area contributed by atoms with Crippen LogP contribution in [0.4, 0.5) is 0 Å². The van der Waals surface area contributed by atoms with Crippen LogP contribution in [0.3, 0.4) is 0 Å². The fraction of sp³-hybridized carbons (Fsp3) is 0.824. The molecule has 1 amide bonds. The van der Waals surface area contributed by atoms with Crippen LogP contribution in [0.5, 0.6) is 0 Å². The van der Waals surface area contributed by atoms with Crippen molar-refractivity contribution >= 4 is 5.91 Å².